The molecule has 1 aliphatic rings. The first kappa shape index (κ1) is 23.4. The molecule has 0 aliphatic carbocycles. The minimum atomic E-state index is -4.79. The predicted molar refractivity (Wildman–Crippen MR) is 107 cm³/mol. The zero-order chi connectivity index (χ0) is 21.6. The lowest BCUT2D eigenvalue weighted by Crippen LogP contribution is -2.48. The van der Waals surface area contributed by atoms with E-state index in [1.807, 2.05) is 26.8 Å². The Morgan fingerprint density at radius 3 is 2.69 bits per heavy atom. The van der Waals surface area contributed by atoms with Crippen LogP contribution in [-0.4, -0.2) is 53.5 Å². The number of aliphatic hydroxyl groups is 1. The Morgan fingerprint density at radius 2 is 2.10 bits per heavy atom. The second-order valence-electron chi connectivity index (χ2n) is 7.05. The van der Waals surface area contributed by atoms with Crippen molar-refractivity contribution in [2.45, 2.75) is 45.8 Å². The van der Waals surface area contributed by atoms with Crippen LogP contribution in [0.3, 0.4) is 0 Å². The molecule has 1 saturated heterocycles. The van der Waals surface area contributed by atoms with Crippen molar-refractivity contribution in [2.24, 2.45) is 0 Å². The molecule has 2 rings (SSSR count). The first-order valence-electron chi connectivity index (χ1n) is 9.77. The molecule has 1 aliphatic heterocycles. The molecule has 1 aromatic rings. The summed E-state index contributed by atoms with van der Waals surface area (Å²) >= 11 is 0. The quantitative estimate of drug-likeness (QED) is 0.374. The van der Waals surface area contributed by atoms with Crippen LogP contribution in [0.5, 0.6) is 0 Å². The molecule has 162 valence electrons. The van der Waals surface area contributed by atoms with E-state index in [9.17, 15) is 22.7 Å². The third kappa shape index (κ3) is 6.04. The van der Waals surface area contributed by atoms with Crippen molar-refractivity contribution in [3.05, 3.63) is 53.4 Å². The standard InChI is InChI=1S/C21H29F4N3O/c1-4-8-15(5-2)13-27-12-11-16(14-27)28(6-3)20(29)26-18-10-7-9-17(19(18)22)21(23,24)25/h4-5,7-10,16,20,26,29H,6,11-14H2,1-3H3/b8-4-,15-5+. The number of nitrogens with zero attached hydrogens (tertiary/aromatic N) is 2. The van der Waals surface area contributed by atoms with E-state index in [-0.39, 0.29) is 11.7 Å². The van der Waals surface area contributed by atoms with Gasteiger partial charge in [-0.15, -0.1) is 0 Å². The number of benzene rings is 1. The monoisotopic (exact) mass is 415 g/mol. The van der Waals surface area contributed by atoms with Gasteiger partial charge >= 0.3 is 6.18 Å². The number of allylic oxidation sites excluding steroid dienone is 2. The van der Waals surface area contributed by atoms with Gasteiger partial charge in [0.05, 0.1) is 11.3 Å². The highest BCUT2D eigenvalue weighted by Gasteiger charge is 2.36. The predicted octanol–water partition coefficient (Wildman–Crippen LogP) is 4.45. The molecule has 2 unspecified atom stereocenters. The highest BCUT2D eigenvalue weighted by molar-refractivity contribution is 5.48. The van der Waals surface area contributed by atoms with Gasteiger partial charge in [-0.2, -0.15) is 13.2 Å². The van der Waals surface area contributed by atoms with Crippen LogP contribution in [0.25, 0.3) is 0 Å². The van der Waals surface area contributed by atoms with Gasteiger partial charge in [-0.3, -0.25) is 9.80 Å². The van der Waals surface area contributed by atoms with Crippen molar-refractivity contribution in [2.75, 3.05) is 31.5 Å². The summed E-state index contributed by atoms with van der Waals surface area (Å²) in [7, 11) is 0. The average Bonchev–Trinajstić information content (AvgIpc) is 3.10. The van der Waals surface area contributed by atoms with Crippen LogP contribution in [0.1, 0.15) is 32.8 Å². The van der Waals surface area contributed by atoms with Gasteiger partial charge in [-0.05, 0) is 44.5 Å². The Kier molecular flexibility index (Phi) is 8.24. The largest absolute Gasteiger partial charge is 0.419 e. The number of aliphatic hydroxyl groups excluding tert-OH is 1. The number of halogens is 4. The van der Waals surface area contributed by atoms with Crippen LogP contribution in [0.2, 0.25) is 0 Å². The highest BCUT2D eigenvalue weighted by atomic mass is 19.4. The molecule has 4 nitrogen and oxygen atoms in total. The van der Waals surface area contributed by atoms with E-state index >= 15 is 0 Å². The van der Waals surface area contributed by atoms with Gasteiger partial charge < -0.3 is 10.4 Å². The van der Waals surface area contributed by atoms with Gasteiger partial charge in [-0.25, -0.2) is 4.39 Å². The molecule has 1 aromatic carbocycles. The maximum absolute atomic E-state index is 14.3. The fourth-order valence-electron chi connectivity index (χ4n) is 3.65. The van der Waals surface area contributed by atoms with Crippen molar-refractivity contribution in [1.29, 1.82) is 0 Å². The Labute approximate surface area is 169 Å². The Balaban J connectivity index is 2.06. The number of likely N-dealkylation sites (N-methyl/N-ethyl adjacent to an activating group) is 1. The molecule has 0 bridgehead atoms. The van der Waals surface area contributed by atoms with Crippen molar-refractivity contribution in [3.63, 3.8) is 0 Å². The van der Waals surface area contributed by atoms with E-state index in [2.05, 4.69) is 22.4 Å². The third-order valence-corrected chi connectivity index (χ3v) is 5.14. The summed E-state index contributed by atoms with van der Waals surface area (Å²) in [5.41, 5.74) is -0.529. The van der Waals surface area contributed by atoms with Crippen LogP contribution < -0.4 is 5.32 Å². The Morgan fingerprint density at radius 1 is 1.38 bits per heavy atom. The molecular weight excluding hydrogens is 386 g/mol. The second kappa shape index (κ2) is 10.2. The van der Waals surface area contributed by atoms with E-state index in [1.54, 1.807) is 4.90 Å². The molecule has 1 heterocycles. The normalized spacial score (nSPS) is 20.0. The maximum Gasteiger partial charge on any atom is 0.419 e. The molecule has 8 heteroatoms. The van der Waals surface area contributed by atoms with E-state index in [0.717, 1.165) is 25.6 Å². The summed E-state index contributed by atoms with van der Waals surface area (Å²) in [6.45, 7) is 8.63. The fraction of sp³-hybridized carbons (Fsp3) is 0.524. The van der Waals surface area contributed by atoms with Crippen molar-refractivity contribution >= 4 is 5.69 Å². The minimum Gasteiger partial charge on any atom is -0.361 e. The van der Waals surface area contributed by atoms with Crippen LogP contribution in [0.4, 0.5) is 23.2 Å². The van der Waals surface area contributed by atoms with E-state index in [0.29, 0.717) is 19.2 Å². The van der Waals surface area contributed by atoms with Crippen molar-refractivity contribution in [1.82, 2.24) is 9.80 Å². The second-order valence-corrected chi connectivity index (χ2v) is 7.05. The van der Waals surface area contributed by atoms with Crippen LogP contribution in [0, 0.1) is 5.82 Å². The molecule has 0 spiro atoms. The van der Waals surface area contributed by atoms with Gasteiger partial charge in [0.2, 0.25) is 0 Å². The highest BCUT2D eigenvalue weighted by Crippen LogP contribution is 2.34. The van der Waals surface area contributed by atoms with Gasteiger partial charge in [-0.1, -0.05) is 31.2 Å². The number of hydrogen-bond acceptors (Lipinski definition) is 4. The van der Waals surface area contributed by atoms with Crippen molar-refractivity contribution < 1.29 is 22.7 Å². The maximum atomic E-state index is 14.3. The topological polar surface area (TPSA) is 38.7 Å². The van der Waals surface area contributed by atoms with Gasteiger partial charge in [0.25, 0.3) is 0 Å². The number of likely N-dealkylation sites (tertiary alicyclic amines) is 1. The first-order chi connectivity index (χ1) is 13.7. The summed E-state index contributed by atoms with van der Waals surface area (Å²) < 4.78 is 53.0. The van der Waals surface area contributed by atoms with Crippen LogP contribution in [-0.2, 0) is 6.18 Å². The number of nitrogens with one attached hydrogen (secondary N) is 1. The van der Waals surface area contributed by atoms with Crippen LogP contribution in [0.15, 0.2) is 42.0 Å². The summed E-state index contributed by atoms with van der Waals surface area (Å²) in [5, 5.41) is 13.1. The molecule has 29 heavy (non-hydrogen) atoms. The summed E-state index contributed by atoms with van der Waals surface area (Å²) in [6, 6.07) is 3.01. The number of rotatable bonds is 8. The minimum absolute atomic E-state index is 0.0140. The van der Waals surface area contributed by atoms with Gasteiger partial charge in [0.15, 0.2) is 12.2 Å². The molecule has 2 atom stereocenters. The van der Waals surface area contributed by atoms with Gasteiger partial charge in [0, 0.05) is 25.7 Å². The zero-order valence-electron chi connectivity index (χ0n) is 17.0. The van der Waals surface area contributed by atoms with E-state index < -0.39 is 23.9 Å². The van der Waals surface area contributed by atoms with Crippen LogP contribution >= 0.6 is 0 Å². The SMILES string of the molecule is C/C=C\C(=C/C)CN1CCC(N(CC)C(O)Nc2cccc(C(F)(F)F)c2F)C1. The van der Waals surface area contributed by atoms with E-state index in [4.69, 9.17) is 0 Å². The third-order valence-electron chi connectivity index (χ3n) is 5.14. The summed E-state index contributed by atoms with van der Waals surface area (Å²) in [4.78, 5) is 4.00. The number of alkyl halides is 3. The summed E-state index contributed by atoms with van der Waals surface area (Å²) in [5.74, 6) is -1.41. The fourth-order valence-corrected chi connectivity index (χ4v) is 3.65. The lowest BCUT2D eigenvalue weighted by Gasteiger charge is -2.33. The molecular formula is C21H29F4N3O. The molecule has 2 N–H and O–H groups in total. The average molecular weight is 415 g/mol. The van der Waals surface area contributed by atoms with E-state index in [1.165, 1.54) is 11.6 Å². The lowest BCUT2D eigenvalue weighted by atomic mass is 10.1. The Bertz CT molecular complexity index is 733. The zero-order valence-corrected chi connectivity index (χ0v) is 17.0. The first-order valence-corrected chi connectivity index (χ1v) is 9.77. The number of hydrogen-bond donors (Lipinski definition) is 2. The van der Waals surface area contributed by atoms with Gasteiger partial charge in [0.1, 0.15) is 0 Å². The Hall–Kier alpha value is -1.90. The molecule has 1 fully saturated rings. The molecule has 0 saturated carbocycles. The lowest BCUT2D eigenvalue weighted by molar-refractivity contribution is -0.139. The number of anilines is 1. The molecule has 0 amide bonds. The smallest absolute Gasteiger partial charge is 0.361 e. The summed E-state index contributed by atoms with van der Waals surface area (Å²) in [6.07, 6.45) is 0.818. The molecule has 0 aromatic heterocycles. The van der Waals surface area contributed by atoms with Crippen molar-refractivity contribution in [3.8, 4) is 0 Å². The molecule has 0 radical (unpaired) electrons.